The number of pyridine rings is 1. The van der Waals surface area contributed by atoms with Gasteiger partial charge in [-0.15, -0.1) is 34.0 Å². The van der Waals surface area contributed by atoms with Crippen LogP contribution >= 0.6 is 34.0 Å². The Morgan fingerprint density at radius 2 is 1.72 bits per heavy atom. The maximum absolute atomic E-state index is 14.1. The minimum atomic E-state index is -0.172. The van der Waals surface area contributed by atoms with E-state index >= 15 is 0 Å². The summed E-state index contributed by atoms with van der Waals surface area (Å²) in [5, 5.41) is 7.81. The van der Waals surface area contributed by atoms with Crippen LogP contribution in [-0.2, 0) is 6.42 Å². The molecule has 0 atom stereocenters. The molecule has 3 aromatic carbocycles. The highest BCUT2D eigenvalue weighted by molar-refractivity contribution is 7.23. The lowest BCUT2D eigenvalue weighted by Crippen LogP contribution is -2.13. The Balaban J connectivity index is 1.22. The summed E-state index contributed by atoms with van der Waals surface area (Å²) in [5.74, 6) is 1.36. The van der Waals surface area contributed by atoms with Gasteiger partial charge in [-0.25, -0.2) is 9.97 Å². The number of nitrogens with one attached hydrogen (secondary N) is 1. The van der Waals surface area contributed by atoms with Crippen LogP contribution in [0.25, 0.3) is 42.3 Å². The van der Waals surface area contributed by atoms with Gasteiger partial charge < -0.3 is 14.8 Å². The first-order chi connectivity index (χ1) is 21.1. The Bertz CT molecular complexity index is 2130. The maximum Gasteiger partial charge on any atom is 0.257 e. The van der Waals surface area contributed by atoms with Crippen LogP contribution in [0.1, 0.15) is 26.4 Å². The number of amides is 1. The van der Waals surface area contributed by atoms with Gasteiger partial charge in [0.1, 0.15) is 10.0 Å². The molecule has 1 amide bonds. The predicted octanol–water partition coefficient (Wildman–Crippen LogP) is 9.18. The van der Waals surface area contributed by atoms with Gasteiger partial charge in [-0.2, -0.15) is 0 Å². The van der Waals surface area contributed by atoms with Gasteiger partial charge in [-0.1, -0.05) is 42.5 Å². The standard InChI is InChI=1S/C34H23N3O3S3/c1-19-30(16-20-12-13-26-27(15-20)40-18-39-26)43-34(31(19)33-36-24-9-4-5-10-29(24)42-33)37-32(38)22-17-25(28-11-6-14-41-28)35-23-8-3-2-7-21(22)23/h2-15,17H,16,18H2,1H3,(H,37,38). The molecular formula is C34H23N3O3S3. The van der Waals surface area contributed by atoms with Gasteiger partial charge >= 0.3 is 0 Å². The Kier molecular flexibility index (Phi) is 6.44. The van der Waals surface area contributed by atoms with Crippen molar-refractivity contribution in [1.82, 2.24) is 9.97 Å². The van der Waals surface area contributed by atoms with Crippen LogP contribution in [0.3, 0.4) is 0 Å². The minimum absolute atomic E-state index is 0.172. The number of ether oxygens (including phenoxy) is 2. The van der Waals surface area contributed by atoms with E-state index in [-0.39, 0.29) is 12.7 Å². The Hall–Kier alpha value is -4.57. The fourth-order valence-electron chi connectivity index (χ4n) is 5.37. The van der Waals surface area contributed by atoms with Gasteiger partial charge in [0, 0.05) is 22.2 Å². The summed E-state index contributed by atoms with van der Waals surface area (Å²) < 4.78 is 12.2. The van der Waals surface area contributed by atoms with Crippen molar-refractivity contribution in [2.75, 3.05) is 12.1 Å². The molecule has 43 heavy (non-hydrogen) atoms. The summed E-state index contributed by atoms with van der Waals surface area (Å²) in [7, 11) is 0. The van der Waals surface area contributed by atoms with E-state index in [0.29, 0.717) is 12.0 Å². The van der Waals surface area contributed by atoms with Crippen molar-refractivity contribution >= 4 is 66.0 Å². The molecule has 0 aliphatic carbocycles. The Morgan fingerprint density at radius 1 is 0.884 bits per heavy atom. The van der Waals surface area contributed by atoms with E-state index in [0.717, 1.165) is 74.8 Å². The lowest BCUT2D eigenvalue weighted by atomic mass is 10.0. The number of thiazole rings is 1. The molecule has 1 N–H and O–H groups in total. The number of fused-ring (bicyclic) bond motifs is 3. The van der Waals surface area contributed by atoms with E-state index in [1.807, 2.05) is 78.2 Å². The lowest BCUT2D eigenvalue weighted by Gasteiger charge is -2.10. The van der Waals surface area contributed by atoms with E-state index in [1.165, 1.54) is 0 Å². The van der Waals surface area contributed by atoms with Crippen LogP contribution in [0.4, 0.5) is 5.00 Å². The number of carbonyl (C=O) groups is 1. The summed E-state index contributed by atoms with van der Waals surface area (Å²) in [4.78, 5) is 26.1. The number of anilines is 1. The molecule has 4 aromatic heterocycles. The zero-order valence-corrected chi connectivity index (χ0v) is 25.4. The molecule has 0 fully saturated rings. The molecule has 1 aliphatic rings. The smallest absolute Gasteiger partial charge is 0.257 e. The zero-order valence-electron chi connectivity index (χ0n) is 22.9. The van der Waals surface area contributed by atoms with Gasteiger partial charge in [-0.05, 0) is 65.9 Å². The second-order valence-electron chi connectivity index (χ2n) is 10.2. The molecule has 8 rings (SSSR count). The fourth-order valence-corrected chi connectivity index (χ4v) is 8.44. The molecule has 1 aliphatic heterocycles. The summed E-state index contributed by atoms with van der Waals surface area (Å²) in [6.45, 7) is 2.36. The zero-order chi connectivity index (χ0) is 28.9. The summed E-state index contributed by atoms with van der Waals surface area (Å²) in [6.07, 6.45) is 0.696. The third-order valence-corrected chi connectivity index (χ3v) is 10.7. The Labute approximate surface area is 259 Å². The van der Waals surface area contributed by atoms with Gasteiger partial charge in [0.05, 0.1) is 31.9 Å². The molecular weight excluding hydrogens is 595 g/mol. The third-order valence-electron chi connectivity index (χ3n) is 7.52. The number of aromatic nitrogens is 2. The highest BCUT2D eigenvalue weighted by atomic mass is 32.1. The predicted molar refractivity (Wildman–Crippen MR) is 176 cm³/mol. The van der Waals surface area contributed by atoms with E-state index < -0.39 is 0 Å². The van der Waals surface area contributed by atoms with Crippen LogP contribution in [0.2, 0.25) is 0 Å². The molecule has 7 aromatic rings. The second kappa shape index (κ2) is 10.6. The van der Waals surface area contributed by atoms with Crippen molar-refractivity contribution in [3.8, 4) is 32.6 Å². The average molecular weight is 618 g/mol. The Morgan fingerprint density at radius 3 is 2.58 bits per heavy atom. The molecule has 0 saturated heterocycles. The summed E-state index contributed by atoms with van der Waals surface area (Å²) in [6, 6.07) is 27.9. The number of benzene rings is 3. The van der Waals surface area contributed by atoms with Crippen LogP contribution in [0, 0.1) is 6.92 Å². The first-order valence-corrected chi connectivity index (χ1v) is 16.2. The maximum atomic E-state index is 14.1. The van der Waals surface area contributed by atoms with E-state index in [9.17, 15) is 4.79 Å². The van der Waals surface area contributed by atoms with Crippen LogP contribution in [0.5, 0.6) is 11.5 Å². The number of thiophene rings is 2. The monoisotopic (exact) mass is 617 g/mol. The molecule has 9 heteroatoms. The van der Waals surface area contributed by atoms with E-state index in [2.05, 4.69) is 24.4 Å². The quantitative estimate of drug-likeness (QED) is 0.201. The summed E-state index contributed by atoms with van der Waals surface area (Å²) in [5.41, 5.74) is 6.30. The molecule has 0 bridgehead atoms. The minimum Gasteiger partial charge on any atom is -0.454 e. The van der Waals surface area contributed by atoms with Crippen molar-refractivity contribution in [3.05, 3.63) is 112 Å². The molecule has 0 spiro atoms. The molecule has 0 unspecified atom stereocenters. The average Bonchev–Trinajstić information content (AvgIpc) is 3.83. The number of hydrogen-bond donors (Lipinski definition) is 1. The number of rotatable bonds is 6. The molecule has 0 radical (unpaired) electrons. The van der Waals surface area contributed by atoms with Gasteiger partial charge in [0.25, 0.3) is 5.91 Å². The van der Waals surface area contributed by atoms with Crippen molar-refractivity contribution in [1.29, 1.82) is 0 Å². The van der Waals surface area contributed by atoms with E-state index in [4.69, 9.17) is 19.4 Å². The SMILES string of the molecule is Cc1c(Cc2ccc3c(c2)OCO3)sc(NC(=O)c2cc(-c3cccs3)nc3ccccc23)c1-c1nc2ccccc2s1. The number of para-hydroxylation sites is 2. The summed E-state index contributed by atoms with van der Waals surface area (Å²) >= 11 is 4.85. The van der Waals surface area contributed by atoms with Crippen molar-refractivity contribution in [2.24, 2.45) is 0 Å². The van der Waals surface area contributed by atoms with E-state index in [1.54, 1.807) is 34.0 Å². The topological polar surface area (TPSA) is 73.3 Å². The molecule has 6 nitrogen and oxygen atoms in total. The first-order valence-electron chi connectivity index (χ1n) is 13.7. The van der Waals surface area contributed by atoms with Crippen LogP contribution in [0.15, 0.2) is 90.3 Å². The number of hydrogen-bond acceptors (Lipinski definition) is 8. The van der Waals surface area contributed by atoms with Crippen LogP contribution < -0.4 is 14.8 Å². The molecule has 210 valence electrons. The third kappa shape index (κ3) is 4.75. The normalized spacial score (nSPS) is 12.3. The number of nitrogens with zero attached hydrogens (tertiary/aromatic N) is 2. The lowest BCUT2D eigenvalue weighted by molar-refractivity contribution is 0.102. The van der Waals surface area contributed by atoms with Crippen molar-refractivity contribution in [2.45, 2.75) is 13.3 Å². The molecule has 5 heterocycles. The molecule has 0 saturated carbocycles. The van der Waals surface area contributed by atoms with Gasteiger partial charge in [-0.3, -0.25) is 4.79 Å². The fraction of sp³-hybridized carbons (Fsp3) is 0.0882. The first kappa shape index (κ1) is 26.1. The van der Waals surface area contributed by atoms with Gasteiger partial charge in [0.2, 0.25) is 6.79 Å². The highest BCUT2D eigenvalue weighted by Gasteiger charge is 2.24. The second-order valence-corrected chi connectivity index (χ2v) is 13.3. The largest absolute Gasteiger partial charge is 0.454 e. The van der Waals surface area contributed by atoms with Crippen molar-refractivity contribution < 1.29 is 14.3 Å². The number of carbonyl (C=O) groups excluding carboxylic acids is 1. The van der Waals surface area contributed by atoms with Crippen LogP contribution in [-0.4, -0.2) is 22.7 Å². The van der Waals surface area contributed by atoms with Gasteiger partial charge in [0.15, 0.2) is 11.5 Å². The van der Waals surface area contributed by atoms with Crippen molar-refractivity contribution in [3.63, 3.8) is 0 Å². The highest BCUT2D eigenvalue weighted by Crippen LogP contribution is 2.45.